The van der Waals surface area contributed by atoms with Crippen LogP contribution in [-0.2, 0) is 6.54 Å². The van der Waals surface area contributed by atoms with Gasteiger partial charge in [-0.3, -0.25) is 4.68 Å². The summed E-state index contributed by atoms with van der Waals surface area (Å²) in [4.78, 5) is 0. The fourth-order valence-corrected chi connectivity index (χ4v) is 2.22. The van der Waals surface area contributed by atoms with Crippen LogP contribution in [0.15, 0.2) is 0 Å². The number of hydrogen-bond donors (Lipinski definition) is 1. The zero-order chi connectivity index (χ0) is 10.3. The van der Waals surface area contributed by atoms with Crippen molar-refractivity contribution in [2.75, 3.05) is 5.75 Å². The minimum Gasteiger partial charge on any atom is -0.269 e. The summed E-state index contributed by atoms with van der Waals surface area (Å²) >= 11 is 4.42. The molecule has 1 heterocycles. The minimum atomic E-state index is 0.457. The van der Waals surface area contributed by atoms with E-state index in [-0.39, 0.29) is 0 Å². The molecule has 0 unspecified atom stereocenters. The molecule has 0 bridgehead atoms. The van der Waals surface area contributed by atoms with Gasteiger partial charge in [-0.2, -0.15) is 17.7 Å². The Kier molecular flexibility index (Phi) is 2.38. The molecule has 0 radical (unpaired) electrons. The first kappa shape index (κ1) is 10.1. The van der Waals surface area contributed by atoms with Crippen LogP contribution >= 0.6 is 12.6 Å². The predicted octanol–water partition coefficient (Wildman–Crippen LogP) is 2.52. The number of hydrogen-bond acceptors (Lipinski definition) is 2. The lowest BCUT2D eigenvalue weighted by molar-refractivity contribution is 0.432. The lowest BCUT2D eigenvalue weighted by atomic mass is 10.1. The van der Waals surface area contributed by atoms with E-state index >= 15 is 0 Å². The third-order valence-corrected chi connectivity index (χ3v) is 4.19. The van der Waals surface area contributed by atoms with Crippen molar-refractivity contribution in [2.24, 2.45) is 5.41 Å². The van der Waals surface area contributed by atoms with Gasteiger partial charge < -0.3 is 0 Å². The molecule has 78 valence electrons. The highest BCUT2D eigenvalue weighted by Gasteiger charge is 2.42. The summed E-state index contributed by atoms with van der Waals surface area (Å²) in [6.07, 6.45) is 2.63. The van der Waals surface area contributed by atoms with Gasteiger partial charge in [-0.25, -0.2) is 0 Å². The largest absolute Gasteiger partial charge is 0.269 e. The van der Waals surface area contributed by atoms with Crippen molar-refractivity contribution < 1.29 is 0 Å². The second-order valence-electron chi connectivity index (χ2n) is 4.61. The van der Waals surface area contributed by atoms with Crippen molar-refractivity contribution in [1.82, 2.24) is 9.78 Å². The van der Waals surface area contributed by atoms with E-state index in [2.05, 4.69) is 43.2 Å². The van der Waals surface area contributed by atoms with Gasteiger partial charge >= 0.3 is 0 Å². The van der Waals surface area contributed by atoms with Crippen LogP contribution in [0.5, 0.6) is 0 Å². The Morgan fingerprint density at radius 3 is 2.36 bits per heavy atom. The molecule has 0 N–H and O–H groups in total. The number of rotatable bonds is 3. The smallest absolute Gasteiger partial charge is 0.0625 e. The van der Waals surface area contributed by atoms with Crippen molar-refractivity contribution in [3.05, 3.63) is 17.0 Å². The van der Waals surface area contributed by atoms with Crippen LogP contribution < -0.4 is 0 Å². The maximum atomic E-state index is 4.57. The lowest BCUT2D eigenvalue weighted by Gasteiger charge is -2.13. The van der Waals surface area contributed by atoms with Crippen molar-refractivity contribution >= 4 is 12.6 Å². The summed E-state index contributed by atoms with van der Waals surface area (Å²) < 4.78 is 2.16. The second-order valence-corrected chi connectivity index (χ2v) is 4.93. The van der Waals surface area contributed by atoms with Crippen molar-refractivity contribution in [2.45, 2.75) is 40.2 Å². The van der Waals surface area contributed by atoms with E-state index in [9.17, 15) is 0 Å². The molecule has 1 aromatic rings. The van der Waals surface area contributed by atoms with Gasteiger partial charge in [0.15, 0.2) is 0 Å². The highest BCUT2D eigenvalue weighted by atomic mass is 32.1. The maximum Gasteiger partial charge on any atom is 0.0625 e. The summed E-state index contributed by atoms with van der Waals surface area (Å²) in [5, 5.41) is 4.57. The van der Waals surface area contributed by atoms with Gasteiger partial charge in [0.2, 0.25) is 0 Å². The van der Waals surface area contributed by atoms with Crippen molar-refractivity contribution in [3.8, 4) is 0 Å². The minimum absolute atomic E-state index is 0.457. The van der Waals surface area contributed by atoms with Crippen LogP contribution in [-0.4, -0.2) is 15.5 Å². The Morgan fingerprint density at radius 2 is 2.00 bits per heavy atom. The van der Waals surface area contributed by atoms with Crippen LogP contribution in [0.1, 0.15) is 29.8 Å². The summed E-state index contributed by atoms with van der Waals surface area (Å²) in [5.41, 5.74) is 4.27. The van der Waals surface area contributed by atoms with E-state index in [1.165, 1.54) is 24.1 Å². The van der Waals surface area contributed by atoms with Gasteiger partial charge in [-0.1, -0.05) is 0 Å². The summed E-state index contributed by atoms with van der Waals surface area (Å²) in [5.74, 6) is 0.990. The average molecular weight is 210 g/mol. The van der Waals surface area contributed by atoms with Gasteiger partial charge in [0, 0.05) is 12.2 Å². The highest BCUT2D eigenvalue weighted by Crippen LogP contribution is 2.48. The van der Waals surface area contributed by atoms with E-state index in [0.717, 1.165) is 18.0 Å². The fraction of sp³-hybridized carbons (Fsp3) is 0.727. The Hall–Kier alpha value is -0.440. The summed E-state index contributed by atoms with van der Waals surface area (Å²) in [6.45, 7) is 7.44. The molecule has 0 amide bonds. The van der Waals surface area contributed by atoms with Gasteiger partial charge in [0.1, 0.15) is 0 Å². The van der Waals surface area contributed by atoms with Crippen LogP contribution in [0.2, 0.25) is 0 Å². The standard InChI is InChI=1S/C11H18N2S/c1-8-9(2)12-13(10(8)3)6-11(7-14)4-5-11/h14H,4-7H2,1-3H3. The van der Waals surface area contributed by atoms with E-state index in [1.807, 2.05) is 0 Å². The molecule has 1 aromatic heterocycles. The quantitative estimate of drug-likeness (QED) is 0.759. The molecule has 0 aromatic carbocycles. The predicted molar refractivity (Wildman–Crippen MR) is 62.0 cm³/mol. The maximum absolute atomic E-state index is 4.57. The van der Waals surface area contributed by atoms with E-state index in [0.29, 0.717) is 5.41 Å². The Labute approximate surface area is 91.1 Å². The third-order valence-electron chi connectivity index (χ3n) is 3.52. The zero-order valence-electron chi connectivity index (χ0n) is 9.17. The van der Waals surface area contributed by atoms with E-state index in [4.69, 9.17) is 0 Å². The molecule has 2 nitrogen and oxygen atoms in total. The molecule has 0 aliphatic heterocycles. The number of nitrogens with zero attached hydrogens (tertiary/aromatic N) is 2. The van der Waals surface area contributed by atoms with Gasteiger partial charge in [0.05, 0.1) is 5.69 Å². The zero-order valence-corrected chi connectivity index (χ0v) is 10.1. The molecule has 14 heavy (non-hydrogen) atoms. The molecule has 0 atom stereocenters. The molecule has 1 aliphatic rings. The first-order chi connectivity index (χ1) is 6.58. The first-order valence-corrected chi connectivity index (χ1v) is 5.83. The van der Waals surface area contributed by atoms with Crippen molar-refractivity contribution in [1.29, 1.82) is 0 Å². The topological polar surface area (TPSA) is 17.8 Å². The Balaban J connectivity index is 2.21. The van der Waals surface area contributed by atoms with Gasteiger partial charge in [-0.15, -0.1) is 0 Å². The van der Waals surface area contributed by atoms with Crippen LogP contribution in [0.4, 0.5) is 0 Å². The van der Waals surface area contributed by atoms with Gasteiger partial charge in [-0.05, 0) is 50.3 Å². The summed E-state index contributed by atoms with van der Waals surface area (Å²) in [6, 6.07) is 0. The molecule has 0 saturated heterocycles. The molecule has 2 rings (SSSR count). The molecule has 0 spiro atoms. The molecular formula is C11H18N2S. The average Bonchev–Trinajstić information content (AvgIpc) is 2.90. The molecule has 1 fully saturated rings. The van der Waals surface area contributed by atoms with E-state index < -0.39 is 0 Å². The van der Waals surface area contributed by atoms with E-state index in [1.54, 1.807) is 0 Å². The lowest BCUT2D eigenvalue weighted by Crippen LogP contribution is -2.15. The monoisotopic (exact) mass is 210 g/mol. The molecule has 3 heteroatoms. The summed E-state index contributed by atoms with van der Waals surface area (Å²) in [7, 11) is 0. The van der Waals surface area contributed by atoms with Crippen LogP contribution in [0.25, 0.3) is 0 Å². The Bertz CT molecular complexity index is 350. The molecular weight excluding hydrogens is 192 g/mol. The highest BCUT2D eigenvalue weighted by molar-refractivity contribution is 7.80. The number of aromatic nitrogens is 2. The fourth-order valence-electron chi connectivity index (χ4n) is 1.80. The van der Waals surface area contributed by atoms with Crippen LogP contribution in [0.3, 0.4) is 0 Å². The SMILES string of the molecule is Cc1nn(CC2(CS)CC2)c(C)c1C. The van der Waals surface area contributed by atoms with Crippen molar-refractivity contribution in [3.63, 3.8) is 0 Å². The molecule has 1 aliphatic carbocycles. The van der Waals surface area contributed by atoms with Gasteiger partial charge in [0.25, 0.3) is 0 Å². The normalized spacial score (nSPS) is 18.6. The molecule has 1 saturated carbocycles. The van der Waals surface area contributed by atoms with Crippen LogP contribution in [0, 0.1) is 26.2 Å². The Morgan fingerprint density at radius 1 is 1.36 bits per heavy atom. The third kappa shape index (κ3) is 1.58. The second kappa shape index (κ2) is 3.30. The number of thiol groups is 1. The first-order valence-electron chi connectivity index (χ1n) is 5.19. The number of aryl methyl sites for hydroxylation is 1.